The van der Waals surface area contributed by atoms with E-state index in [0.29, 0.717) is 0 Å². The third kappa shape index (κ3) is 3.40. The molecule has 0 unspecified atom stereocenters. The molecule has 0 saturated heterocycles. The van der Waals surface area contributed by atoms with E-state index in [9.17, 15) is 19.7 Å². The van der Waals surface area contributed by atoms with Gasteiger partial charge in [-0.3, -0.25) is 19.7 Å². The first-order valence-corrected chi connectivity index (χ1v) is 5.05. The lowest BCUT2D eigenvalue weighted by molar-refractivity contribution is -0.386. The SMILES string of the molecule is CC(C)NC(=O)Cn1cccc([N+](=O)[O-])c1=O. The van der Waals surface area contributed by atoms with Gasteiger partial charge in [0, 0.05) is 18.3 Å². The molecule has 1 N–H and O–H groups in total. The summed E-state index contributed by atoms with van der Waals surface area (Å²) in [6.45, 7) is 3.35. The summed E-state index contributed by atoms with van der Waals surface area (Å²) in [5.41, 5.74) is -1.32. The van der Waals surface area contributed by atoms with Crippen LogP contribution in [0.3, 0.4) is 0 Å². The van der Waals surface area contributed by atoms with E-state index < -0.39 is 16.2 Å². The van der Waals surface area contributed by atoms with Gasteiger partial charge in [-0.15, -0.1) is 0 Å². The quantitative estimate of drug-likeness (QED) is 0.603. The van der Waals surface area contributed by atoms with E-state index in [1.807, 2.05) is 0 Å². The standard InChI is InChI=1S/C10H13N3O4/c1-7(2)11-9(14)6-12-5-3-4-8(10(12)15)13(16)17/h3-5,7H,6H2,1-2H3,(H,11,14). The molecule has 0 atom stereocenters. The van der Waals surface area contributed by atoms with Crippen molar-refractivity contribution in [2.75, 3.05) is 0 Å². The molecule has 0 radical (unpaired) electrons. The molecule has 0 aliphatic carbocycles. The Bertz CT molecular complexity index is 493. The van der Waals surface area contributed by atoms with Gasteiger partial charge in [-0.1, -0.05) is 0 Å². The molecule has 17 heavy (non-hydrogen) atoms. The number of nitrogens with zero attached hydrogens (tertiary/aromatic N) is 2. The highest BCUT2D eigenvalue weighted by molar-refractivity contribution is 5.76. The van der Waals surface area contributed by atoms with Gasteiger partial charge in [0.05, 0.1) is 4.92 Å². The van der Waals surface area contributed by atoms with Gasteiger partial charge in [0.15, 0.2) is 0 Å². The van der Waals surface area contributed by atoms with Crippen LogP contribution >= 0.6 is 0 Å². The second kappa shape index (κ2) is 5.24. The summed E-state index contributed by atoms with van der Waals surface area (Å²) in [7, 11) is 0. The number of rotatable bonds is 4. The topological polar surface area (TPSA) is 94.2 Å². The second-order valence-electron chi connectivity index (χ2n) is 3.81. The molecule has 0 saturated carbocycles. The van der Waals surface area contributed by atoms with E-state index in [1.165, 1.54) is 12.3 Å². The molecule has 0 aromatic carbocycles. The van der Waals surface area contributed by atoms with Crippen molar-refractivity contribution in [2.24, 2.45) is 0 Å². The van der Waals surface area contributed by atoms with Crippen LogP contribution in [0.4, 0.5) is 5.69 Å². The van der Waals surface area contributed by atoms with Crippen molar-refractivity contribution in [3.63, 3.8) is 0 Å². The van der Waals surface area contributed by atoms with E-state index in [4.69, 9.17) is 0 Å². The van der Waals surface area contributed by atoms with Crippen molar-refractivity contribution >= 4 is 11.6 Å². The predicted octanol–water partition coefficient (Wildman–Crippen LogP) is 0.281. The lowest BCUT2D eigenvalue weighted by Gasteiger charge is -2.09. The smallest absolute Gasteiger partial charge is 0.334 e. The van der Waals surface area contributed by atoms with Gasteiger partial charge in [0.1, 0.15) is 6.54 Å². The number of carbonyl (C=O) groups excluding carboxylic acids is 1. The van der Waals surface area contributed by atoms with E-state index >= 15 is 0 Å². The van der Waals surface area contributed by atoms with Gasteiger partial charge in [0.25, 0.3) is 0 Å². The maximum absolute atomic E-state index is 11.6. The fraction of sp³-hybridized carbons (Fsp3) is 0.400. The third-order valence-electron chi connectivity index (χ3n) is 1.96. The van der Waals surface area contributed by atoms with Crippen LogP contribution in [-0.4, -0.2) is 21.4 Å². The number of aromatic nitrogens is 1. The average Bonchev–Trinajstić information content (AvgIpc) is 2.19. The van der Waals surface area contributed by atoms with Crippen LogP contribution in [0.1, 0.15) is 13.8 Å². The van der Waals surface area contributed by atoms with Crippen LogP contribution in [0.25, 0.3) is 0 Å². The van der Waals surface area contributed by atoms with E-state index in [1.54, 1.807) is 13.8 Å². The Morgan fingerprint density at radius 2 is 2.24 bits per heavy atom. The van der Waals surface area contributed by atoms with E-state index in [0.717, 1.165) is 10.6 Å². The van der Waals surface area contributed by atoms with Crippen molar-refractivity contribution in [1.82, 2.24) is 9.88 Å². The van der Waals surface area contributed by atoms with Gasteiger partial charge in [-0.2, -0.15) is 0 Å². The Labute approximate surface area is 97.2 Å². The molecule has 7 nitrogen and oxygen atoms in total. The molecule has 1 aromatic rings. The van der Waals surface area contributed by atoms with Gasteiger partial charge in [0.2, 0.25) is 5.91 Å². The summed E-state index contributed by atoms with van der Waals surface area (Å²) < 4.78 is 1.01. The van der Waals surface area contributed by atoms with Crippen LogP contribution in [0, 0.1) is 10.1 Å². The van der Waals surface area contributed by atoms with Crippen LogP contribution in [-0.2, 0) is 11.3 Å². The number of hydrogen-bond acceptors (Lipinski definition) is 4. The zero-order valence-electron chi connectivity index (χ0n) is 9.54. The molecule has 0 aliphatic heterocycles. The molecule has 1 amide bonds. The van der Waals surface area contributed by atoms with Gasteiger partial charge in [-0.25, -0.2) is 0 Å². The summed E-state index contributed by atoms with van der Waals surface area (Å²) in [6, 6.07) is 2.43. The molecule has 0 aliphatic rings. The van der Waals surface area contributed by atoms with Crippen LogP contribution < -0.4 is 10.9 Å². The number of carbonyl (C=O) groups is 1. The zero-order valence-corrected chi connectivity index (χ0v) is 9.54. The summed E-state index contributed by atoms with van der Waals surface area (Å²) in [5, 5.41) is 13.1. The second-order valence-corrected chi connectivity index (χ2v) is 3.81. The highest BCUT2D eigenvalue weighted by atomic mass is 16.6. The largest absolute Gasteiger partial charge is 0.352 e. The third-order valence-corrected chi connectivity index (χ3v) is 1.96. The Hall–Kier alpha value is -2.18. The van der Waals surface area contributed by atoms with Gasteiger partial charge >= 0.3 is 11.2 Å². The molecule has 0 fully saturated rings. The minimum atomic E-state index is -0.781. The molecular formula is C10H13N3O4. The lowest BCUT2D eigenvalue weighted by Crippen LogP contribution is -2.36. The summed E-state index contributed by atoms with van der Waals surface area (Å²) >= 11 is 0. The summed E-state index contributed by atoms with van der Waals surface area (Å²) in [6.07, 6.45) is 1.34. The van der Waals surface area contributed by atoms with E-state index in [-0.39, 0.29) is 18.5 Å². The maximum Gasteiger partial charge on any atom is 0.334 e. The van der Waals surface area contributed by atoms with Crippen LogP contribution in [0.2, 0.25) is 0 Å². The van der Waals surface area contributed by atoms with Crippen molar-refractivity contribution < 1.29 is 9.72 Å². The zero-order chi connectivity index (χ0) is 13.0. The lowest BCUT2D eigenvalue weighted by atomic mass is 10.3. The molecule has 7 heteroatoms. The monoisotopic (exact) mass is 239 g/mol. The predicted molar refractivity (Wildman–Crippen MR) is 60.6 cm³/mol. The molecule has 1 aromatic heterocycles. The maximum atomic E-state index is 11.6. The van der Waals surface area contributed by atoms with Crippen LogP contribution in [0.15, 0.2) is 23.1 Å². The summed E-state index contributed by atoms with van der Waals surface area (Å²) in [5.74, 6) is -0.359. The molecular weight excluding hydrogens is 226 g/mol. The first kappa shape index (κ1) is 12.9. The Balaban J connectivity index is 2.93. The molecule has 1 rings (SSSR count). The van der Waals surface area contributed by atoms with Crippen molar-refractivity contribution in [2.45, 2.75) is 26.4 Å². The van der Waals surface area contributed by atoms with Gasteiger partial charge < -0.3 is 9.88 Å². The Morgan fingerprint density at radius 1 is 1.59 bits per heavy atom. The van der Waals surface area contributed by atoms with Crippen molar-refractivity contribution in [3.05, 3.63) is 38.8 Å². The van der Waals surface area contributed by atoms with Crippen molar-refractivity contribution in [3.8, 4) is 0 Å². The minimum Gasteiger partial charge on any atom is -0.352 e. The Kier molecular flexibility index (Phi) is 3.97. The highest BCUT2D eigenvalue weighted by Gasteiger charge is 2.15. The first-order valence-electron chi connectivity index (χ1n) is 5.05. The number of nitro groups is 1. The fourth-order valence-electron chi connectivity index (χ4n) is 1.31. The molecule has 92 valence electrons. The van der Waals surface area contributed by atoms with E-state index in [2.05, 4.69) is 5.32 Å². The fourth-order valence-corrected chi connectivity index (χ4v) is 1.31. The Morgan fingerprint density at radius 3 is 2.76 bits per heavy atom. The number of hydrogen-bond donors (Lipinski definition) is 1. The number of amides is 1. The highest BCUT2D eigenvalue weighted by Crippen LogP contribution is 2.01. The normalized spacial score (nSPS) is 10.3. The number of nitrogens with one attached hydrogen (secondary N) is 1. The van der Waals surface area contributed by atoms with Gasteiger partial charge in [-0.05, 0) is 19.9 Å². The number of pyridine rings is 1. The molecule has 0 spiro atoms. The summed E-state index contributed by atoms with van der Waals surface area (Å²) in [4.78, 5) is 32.8. The average molecular weight is 239 g/mol. The first-order chi connectivity index (χ1) is 7.91. The minimum absolute atomic E-state index is 0.0445. The molecule has 0 bridgehead atoms. The molecule has 1 heterocycles. The van der Waals surface area contributed by atoms with Crippen molar-refractivity contribution in [1.29, 1.82) is 0 Å². The van der Waals surface area contributed by atoms with Crippen LogP contribution in [0.5, 0.6) is 0 Å².